The van der Waals surface area contributed by atoms with Gasteiger partial charge in [-0.2, -0.15) is 0 Å². The van der Waals surface area contributed by atoms with E-state index in [0.29, 0.717) is 5.56 Å². The van der Waals surface area contributed by atoms with Gasteiger partial charge < -0.3 is 14.9 Å². The highest BCUT2D eigenvalue weighted by molar-refractivity contribution is 5.65. The van der Waals surface area contributed by atoms with Crippen molar-refractivity contribution in [1.82, 2.24) is 0 Å². The Kier molecular flexibility index (Phi) is 4.27. The molecule has 1 aromatic carbocycles. The Morgan fingerprint density at radius 1 is 1.33 bits per heavy atom. The number of aliphatic hydroxyl groups excluding tert-OH is 2. The summed E-state index contributed by atoms with van der Waals surface area (Å²) in [4.78, 5) is 10.5. The van der Waals surface area contributed by atoms with Crippen LogP contribution < -0.4 is 0 Å². The Hall–Kier alpha value is -1.39. The van der Waals surface area contributed by atoms with Crippen molar-refractivity contribution < 1.29 is 19.7 Å². The standard InChI is InChI=1S/C11H14O4/c1-8(12)15-7-10(13)11(14)9-5-3-2-4-6-9/h2-6,10-11,13-14H,7H2,1H3/t10-,11-/m0/s1. The molecule has 0 aliphatic heterocycles. The van der Waals surface area contributed by atoms with E-state index < -0.39 is 18.2 Å². The minimum absolute atomic E-state index is 0.203. The van der Waals surface area contributed by atoms with E-state index in [4.69, 9.17) is 0 Å². The normalized spacial score (nSPS) is 14.3. The minimum Gasteiger partial charge on any atom is -0.463 e. The second-order valence-electron chi connectivity index (χ2n) is 3.23. The molecule has 0 fully saturated rings. The number of aliphatic hydroxyl groups is 2. The predicted molar refractivity (Wildman–Crippen MR) is 54.0 cm³/mol. The number of carbonyl (C=O) groups excluding carboxylic acids is 1. The maximum Gasteiger partial charge on any atom is 0.302 e. The van der Waals surface area contributed by atoms with Gasteiger partial charge in [0.1, 0.15) is 18.8 Å². The Balaban J connectivity index is 2.53. The van der Waals surface area contributed by atoms with E-state index in [1.165, 1.54) is 6.92 Å². The molecule has 0 aromatic heterocycles. The number of hydrogen-bond donors (Lipinski definition) is 2. The molecule has 4 nitrogen and oxygen atoms in total. The van der Waals surface area contributed by atoms with Crippen LogP contribution in [0.25, 0.3) is 0 Å². The average Bonchev–Trinajstić information content (AvgIpc) is 2.26. The minimum atomic E-state index is -1.10. The molecule has 0 radical (unpaired) electrons. The smallest absolute Gasteiger partial charge is 0.302 e. The van der Waals surface area contributed by atoms with Crippen LogP contribution in [0.15, 0.2) is 30.3 Å². The van der Waals surface area contributed by atoms with Crippen molar-refractivity contribution in [2.45, 2.75) is 19.1 Å². The van der Waals surface area contributed by atoms with Gasteiger partial charge in [-0.05, 0) is 5.56 Å². The summed E-state index contributed by atoms with van der Waals surface area (Å²) in [5.41, 5.74) is 0.595. The summed E-state index contributed by atoms with van der Waals surface area (Å²) in [6, 6.07) is 8.73. The van der Waals surface area contributed by atoms with Crippen LogP contribution in [0.5, 0.6) is 0 Å². The van der Waals surface area contributed by atoms with Crippen LogP contribution in [-0.4, -0.2) is 28.9 Å². The van der Waals surface area contributed by atoms with E-state index >= 15 is 0 Å². The molecule has 0 aliphatic rings. The Bertz CT molecular complexity index is 310. The highest BCUT2D eigenvalue weighted by Gasteiger charge is 2.18. The maximum atomic E-state index is 10.5. The molecule has 0 spiro atoms. The second kappa shape index (κ2) is 5.48. The van der Waals surface area contributed by atoms with Crippen molar-refractivity contribution in [2.75, 3.05) is 6.61 Å². The molecule has 0 saturated carbocycles. The highest BCUT2D eigenvalue weighted by atomic mass is 16.5. The van der Waals surface area contributed by atoms with Gasteiger partial charge in [-0.15, -0.1) is 0 Å². The van der Waals surface area contributed by atoms with E-state index in [2.05, 4.69) is 4.74 Å². The van der Waals surface area contributed by atoms with Gasteiger partial charge in [0.2, 0.25) is 0 Å². The Morgan fingerprint density at radius 2 is 1.93 bits per heavy atom. The van der Waals surface area contributed by atoms with Gasteiger partial charge in [-0.1, -0.05) is 30.3 Å². The van der Waals surface area contributed by atoms with E-state index in [-0.39, 0.29) is 6.61 Å². The third-order valence-corrected chi connectivity index (χ3v) is 1.96. The first-order valence-electron chi connectivity index (χ1n) is 4.65. The zero-order valence-corrected chi connectivity index (χ0v) is 8.46. The summed E-state index contributed by atoms with van der Waals surface area (Å²) in [5.74, 6) is -0.477. The summed E-state index contributed by atoms with van der Waals surface area (Å²) >= 11 is 0. The fourth-order valence-electron chi connectivity index (χ4n) is 1.17. The van der Waals surface area contributed by atoms with Gasteiger partial charge in [-0.25, -0.2) is 0 Å². The van der Waals surface area contributed by atoms with Crippen LogP contribution in [0.2, 0.25) is 0 Å². The van der Waals surface area contributed by atoms with Crippen LogP contribution >= 0.6 is 0 Å². The molecular formula is C11H14O4. The van der Waals surface area contributed by atoms with Gasteiger partial charge in [0.15, 0.2) is 0 Å². The third-order valence-electron chi connectivity index (χ3n) is 1.96. The molecule has 82 valence electrons. The number of hydrogen-bond acceptors (Lipinski definition) is 4. The van der Waals surface area contributed by atoms with Crippen molar-refractivity contribution in [3.05, 3.63) is 35.9 Å². The SMILES string of the molecule is CC(=O)OC[C@H](O)[C@@H](O)c1ccccc1. The topological polar surface area (TPSA) is 66.8 Å². The van der Waals surface area contributed by atoms with E-state index in [1.54, 1.807) is 24.3 Å². The lowest BCUT2D eigenvalue weighted by Crippen LogP contribution is -2.25. The van der Waals surface area contributed by atoms with Gasteiger partial charge in [-0.3, -0.25) is 4.79 Å². The lowest BCUT2D eigenvalue weighted by molar-refractivity contribution is -0.146. The number of carbonyl (C=O) groups is 1. The molecule has 0 saturated heterocycles. The first-order valence-corrected chi connectivity index (χ1v) is 4.65. The molecule has 2 N–H and O–H groups in total. The summed E-state index contributed by atoms with van der Waals surface area (Å²) in [6.07, 6.45) is -2.14. The van der Waals surface area contributed by atoms with Crippen LogP contribution in [0.3, 0.4) is 0 Å². The zero-order valence-electron chi connectivity index (χ0n) is 8.46. The number of benzene rings is 1. The van der Waals surface area contributed by atoms with Crippen molar-refractivity contribution in [2.24, 2.45) is 0 Å². The zero-order chi connectivity index (χ0) is 11.3. The fraction of sp³-hybridized carbons (Fsp3) is 0.364. The highest BCUT2D eigenvalue weighted by Crippen LogP contribution is 2.16. The first-order chi connectivity index (χ1) is 7.11. The quantitative estimate of drug-likeness (QED) is 0.716. The molecule has 1 rings (SSSR count). The van der Waals surface area contributed by atoms with Crippen LogP contribution in [0, 0.1) is 0 Å². The van der Waals surface area contributed by atoms with E-state index in [9.17, 15) is 15.0 Å². The first kappa shape index (κ1) is 11.7. The van der Waals surface area contributed by atoms with E-state index in [1.807, 2.05) is 6.07 Å². The summed E-state index contributed by atoms with van der Waals surface area (Å²) in [7, 11) is 0. The number of ether oxygens (including phenoxy) is 1. The maximum absolute atomic E-state index is 10.5. The fourth-order valence-corrected chi connectivity index (χ4v) is 1.17. The monoisotopic (exact) mass is 210 g/mol. The van der Waals surface area contributed by atoms with Crippen LogP contribution in [0.1, 0.15) is 18.6 Å². The van der Waals surface area contributed by atoms with Crippen LogP contribution in [0.4, 0.5) is 0 Å². The molecule has 0 heterocycles. The molecule has 0 bridgehead atoms. The molecule has 0 unspecified atom stereocenters. The van der Waals surface area contributed by atoms with Crippen molar-refractivity contribution >= 4 is 5.97 Å². The summed E-state index contributed by atoms with van der Waals surface area (Å²) in [5, 5.41) is 19.2. The van der Waals surface area contributed by atoms with Gasteiger partial charge in [0.05, 0.1) is 0 Å². The lowest BCUT2D eigenvalue weighted by atomic mass is 10.1. The molecule has 1 aromatic rings. The van der Waals surface area contributed by atoms with Crippen molar-refractivity contribution in [3.63, 3.8) is 0 Å². The predicted octanol–water partition coefficient (Wildman–Crippen LogP) is 0.644. The molecular weight excluding hydrogens is 196 g/mol. The second-order valence-corrected chi connectivity index (χ2v) is 3.23. The summed E-state index contributed by atoms with van der Waals surface area (Å²) in [6.45, 7) is 1.05. The Morgan fingerprint density at radius 3 is 2.47 bits per heavy atom. The van der Waals surface area contributed by atoms with Crippen molar-refractivity contribution in [1.29, 1.82) is 0 Å². The molecule has 15 heavy (non-hydrogen) atoms. The number of rotatable bonds is 4. The third kappa shape index (κ3) is 3.69. The largest absolute Gasteiger partial charge is 0.463 e. The Labute approximate surface area is 88.1 Å². The van der Waals surface area contributed by atoms with Crippen molar-refractivity contribution in [3.8, 4) is 0 Å². The molecule has 0 aliphatic carbocycles. The molecule has 2 atom stereocenters. The average molecular weight is 210 g/mol. The van der Waals surface area contributed by atoms with Crippen LogP contribution in [-0.2, 0) is 9.53 Å². The molecule has 4 heteroatoms. The summed E-state index contributed by atoms with van der Waals surface area (Å²) < 4.78 is 4.60. The van der Waals surface area contributed by atoms with E-state index in [0.717, 1.165) is 0 Å². The number of esters is 1. The van der Waals surface area contributed by atoms with Gasteiger partial charge in [0.25, 0.3) is 0 Å². The lowest BCUT2D eigenvalue weighted by Gasteiger charge is -2.17. The van der Waals surface area contributed by atoms with Gasteiger partial charge in [0, 0.05) is 6.92 Å². The molecule has 0 amide bonds. The van der Waals surface area contributed by atoms with Gasteiger partial charge >= 0.3 is 5.97 Å².